The van der Waals surface area contributed by atoms with Gasteiger partial charge in [0, 0.05) is 18.7 Å². The number of hydrogen-bond donors (Lipinski definition) is 1. The van der Waals surface area contributed by atoms with Crippen molar-refractivity contribution in [3.63, 3.8) is 0 Å². The Morgan fingerprint density at radius 2 is 1.91 bits per heavy atom. The molecule has 0 saturated carbocycles. The molecule has 1 N–H and O–H groups in total. The standard InChI is InChI=1S/C18H18N2O3/c1-12-7-8-14(11-13(12)2)19-17(21)9-10-20-15-5-3-4-6-16(15)23-18(20)22/h3-8,11H,9-10H2,1-2H3,(H,19,21). The van der Waals surface area contributed by atoms with Gasteiger partial charge in [0.25, 0.3) is 0 Å². The molecule has 0 atom stereocenters. The average molecular weight is 310 g/mol. The molecule has 0 fully saturated rings. The Labute approximate surface area is 133 Å². The van der Waals surface area contributed by atoms with Crippen LogP contribution in [0.3, 0.4) is 0 Å². The van der Waals surface area contributed by atoms with Crippen molar-refractivity contribution in [3.05, 3.63) is 64.1 Å². The molecule has 3 aromatic rings. The first-order valence-corrected chi connectivity index (χ1v) is 7.50. The summed E-state index contributed by atoms with van der Waals surface area (Å²) in [6.45, 7) is 4.31. The highest BCUT2D eigenvalue weighted by Gasteiger charge is 2.10. The van der Waals surface area contributed by atoms with E-state index in [1.54, 1.807) is 6.07 Å². The number of carbonyl (C=O) groups excluding carboxylic acids is 1. The molecule has 0 spiro atoms. The predicted molar refractivity (Wildman–Crippen MR) is 89.6 cm³/mol. The first-order valence-electron chi connectivity index (χ1n) is 7.50. The number of rotatable bonds is 4. The van der Waals surface area contributed by atoms with Crippen LogP contribution in [0.5, 0.6) is 0 Å². The summed E-state index contributed by atoms with van der Waals surface area (Å²) in [5.74, 6) is -0.574. The van der Waals surface area contributed by atoms with Crippen molar-refractivity contribution >= 4 is 22.7 Å². The molecule has 0 radical (unpaired) electrons. The minimum atomic E-state index is -0.440. The smallest absolute Gasteiger partial charge is 0.408 e. The van der Waals surface area contributed by atoms with Crippen molar-refractivity contribution in [1.29, 1.82) is 0 Å². The first-order chi connectivity index (χ1) is 11.0. The third kappa shape index (κ3) is 3.18. The number of para-hydroxylation sites is 2. The lowest BCUT2D eigenvalue weighted by molar-refractivity contribution is -0.116. The van der Waals surface area contributed by atoms with Crippen molar-refractivity contribution < 1.29 is 9.21 Å². The molecule has 0 saturated heterocycles. The molecule has 1 heterocycles. The molecule has 1 amide bonds. The molecular weight excluding hydrogens is 292 g/mol. The number of aromatic nitrogens is 1. The SMILES string of the molecule is Cc1ccc(NC(=O)CCn2c(=O)oc3ccccc32)cc1C. The van der Waals surface area contributed by atoms with Gasteiger partial charge in [-0.2, -0.15) is 0 Å². The Kier molecular flexibility index (Phi) is 4.02. The largest absolute Gasteiger partial charge is 0.419 e. The van der Waals surface area contributed by atoms with E-state index in [0.29, 0.717) is 11.1 Å². The number of benzene rings is 2. The van der Waals surface area contributed by atoms with Crippen LogP contribution in [0.2, 0.25) is 0 Å². The second-order valence-electron chi connectivity index (χ2n) is 5.58. The summed E-state index contributed by atoms with van der Waals surface area (Å²) in [4.78, 5) is 24.0. The van der Waals surface area contributed by atoms with E-state index in [4.69, 9.17) is 4.42 Å². The zero-order chi connectivity index (χ0) is 16.4. The first kappa shape index (κ1) is 15.1. The molecule has 0 unspecified atom stereocenters. The molecule has 0 aliphatic carbocycles. The fraction of sp³-hybridized carbons (Fsp3) is 0.222. The quantitative estimate of drug-likeness (QED) is 0.804. The van der Waals surface area contributed by atoms with E-state index in [2.05, 4.69) is 5.32 Å². The van der Waals surface area contributed by atoms with Gasteiger partial charge in [-0.15, -0.1) is 0 Å². The Hall–Kier alpha value is -2.82. The number of amides is 1. The molecular formula is C18H18N2O3. The Balaban J connectivity index is 1.70. The molecule has 3 rings (SSSR count). The Bertz CT molecular complexity index is 921. The second-order valence-corrected chi connectivity index (χ2v) is 5.58. The number of anilines is 1. The zero-order valence-electron chi connectivity index (χ0n) is 13.1. The van der Waals surface area contributed by atoms with Gasteiger partial charge in [-0.1, -0.05) is 18.2 Å². The number of hydrogen-bond acceptors (Lipinski definition) is 3. The number of nitrogens with zero attached hydrogens (tertiary/aromatic N) is 1. The number of aryl methyl sites for hydroxylation is 3. The van der Waals surface area contributed by atoms with Crippen LogP contribution in [0.4, 0.5) is 5.69 Å². The van der Waals surface area contributed by atoms with E-state index in [1.807, 2.05) is 50.2 Å². The van der Waals surface area contributed by atoms with Gasteiger partial charge in [0.1, 0.15) is 0 Å². The van der Waals surface area contributed by atoms with Gasteiger partial charge in [-0.3, -0.25) is 9.36 Å². The lowest BCUT2D eigenvalue weighted by Gasteiger charge is -2.08. The number of nitrogens with one attached hydrogen (secondary N) is 1. The summed E-state index contributed by atoms with van der Waals surface area (Å²) in [5, 5.41) is 2.86. The lowest BCUT2D eigenvalue weighted by Crippen LogP contribution is -2.19. The molecule has 0 bridgehead atoms. The van der Waals surface area contributed by atoms with Gasteiger partial charge < -0.3 is 9.73 Å². The molecule has 23 heavy (non-hydrogen) atoms. The Morgan fingerprint density at radius 1 is 1.13 bits per heavy atom. The molecule has 0 aliphatic heterocycles. The van der Waals surface area contributed by atoms with Crippen LogP contribution in [0.15, 0.2) is 51.7 Å². The second kappa shape index (κ2) is 6.12. The maximum absolute atomic E-state index is 12.1. The van der Waals surface area contributed by atoms with Crippen molar-refractivity contribution in [3.8, 4) is 0 Å². The van der Waals surface area contributed by atoms with Crippen molar-refractivity contribution in [2.75, 3.05) is 5.32 Å². The molecule has 118 valence electrons. The molecule has 0 aliphatic rings. The van der Waals surface area contributed by atoms with Gasteiger partial charge in [-0.05, 0) is 49.2 Å². The van der Waals surface area contributed by atoms with Crippen LogP contribution >= 0.6 is 0 Å². The predicted octanol–water partition coefficient (Wildman–Crippen LogP) is 3.24. The van der Waals surface area contributed by atoms with Crippen LogP contribution in [0.25, 0.3) is 11.1 Å². The molecule has 1 aromatic heterocycles. The van der Waals surface area contributed by atoms with E-state index in [9.17, 15) is 9.59 Å². The summed E-state index contributed by atoms with van der Waals surface area (Å²) in [7, 11) is 0. The monoisotopic (exact) mass is 310 g/mol. The average Bonchev–Trinajstić information content (AvgIpc) is 2.84. The fourth-order valence-corrected chi connectivity index (χ4v) is 2.48. The normalized spacial score (nSPS) is 10.9. The summed E-state index contributed by atoms with van der Waals surface area (Å²) in [6.07, 6.45) is 0.205. The van der Waals surface area contributed by atoms with E-state index in [1.165, 1.54) is 10.1 Å². The van der Waals surface area contributed by atoms with Crippen LogP contribution in [0.1, 0.15) is 17.5 Å². The highest BCUT2D eigenvalue weighted by Crippen LogP contribution is 2.15. The number of oxazole rings is 1. The minimum Gasteiger partial charge on any atom is -0.408 e. The molecule has 5 nitrogen and oxygen atoms in total. The van der Waals surface area contributed by atoms with Gasteiger partial charge in [0.15, 0.2) is 5.58 Å². The van der Waals surface area contributed by atoms with E-state index in [0.717, 1.165) is 11.3 Å². The van der Waals surface area contributed by atoms with E-state index < -0.39 is 5.76 Å². The fourth-order valence-electron chi connectivity index (χ4n) is 2.48. The maximum atomic E-state index is 12.1. The summed E-state index contributed by atoms with van der Waals surface area (Å²) < 4.78 is 6.64. The summed E-state index contributed by atoms with van der Waals surface area (Å²) in [6, 6.07) is 13.0. The van der Waals surface area contributed by atoms with E-state index >= 15 is 0 Å². The van der Waals surface area contributed by atoms with Crippen LogP contribution in [-0.2, 0) is 11.3 Å². The number of fused-ring (bicyclic) bond motifs is 1. The Morgan fingerprint density at radius 3 is 2.70 bits per heavy atom. The topological polar surface area (TPSA) is 64.2 Å². The highest BCUT2D eigenvalue weighted by molar-refractivity contribution is 5.90. The summed E-state index contributed by atoms with van der Waals surface area (Å²) in [5.41, 5.74) is 4.31. The van der Waals surface area contributed by atoms with E-state index in [-0.39, 0.29) is 18.9 Å². The van der Waals surface area contributed by atoms with Gasteiger partial charge in [0.2, 0.25) is 5.91 Å². The van der Waals surface area contributed by atoms with Crippen LogP contribution in [0, 0.1) is 13.8 Å². The van der Waals surface area contributed by atoms with Crippen LogP contribution < -0.4 is 11.1 Å². The van der Waals surface area contributed by atoms with Gasteiger partial charge >= 0.3 is 5.76 Å². The van der Waals surface area contributed by atoms with Crippen molar-refractivity contribution in [2.45, 2.75) is 26.8 Å². The number of carbonyl (C=O) groups is 1. The van der Waals surface area contributed by atoms with Crippen molar-refractivity contribution in [1.82, 2.24) is 4.57 Å². The molecule has 5 heteroatoms. The lowest BCUT2D eigenvalue weighted by atomic mass is 10.1. The molecule has 2 aromatic carbocycles. The van der Waals surface area contributed by atoms with Crippen molar-refractivity contribution in [2.24, 2.45) is 0 Å². The van der Waals surface area contributed by atoms with Gasteiger partial charge in [0.05, 0.1) is 5.52 Å². The van der Waals surface area contributed by atoms with Gasteiger partial charge in [-0.25, -0.2) is 4.79 Å². The third-order valence-electron chi connectivity index (χ3n) is 3.93. The highest BCUT2D eigenvalue weighted by atomic mass is 16.4. The van der Waals surface area contributed by atoms with Crippen LogP contribution in [-0.4, -0.2) is 10.5 Å². The maximum Gasteiger partial charge on any atom is 0.419 e. The zero-order valence-corrected chi connectivity index (χ0v) is 13.1. The minimum absolute atomic E-state index is 0.134. The third-order valence-corrected chi connectivity index (χ3v) is 3.93. The summed E-state index contributed by atoms with van der Waals surface area (Å²) >= 11 is 0.